The lowest BCUT2D eigenvalue weighted by atomic mass is 10.3. The molecule has 0 aliphatic rings. The molecular weight excluding hydrogens is 239 g/mol. The Morgan fingerprint density at radius 2 is 2.07 bits per heavy atom. The quantitative estimate of drug-likeness (QED) is 0.464. The van der Waals surface area contributed by atoms with Crippen LogP contribution in [-0.4, -0.2) is 10.5 Å². The lowest BCUT2D eigenvalue weighted by Crippen LogP contribution is -2.15. The van der Waals surface area contributed by atoms with Crippen LogP contribution < -0.4 is 4.74 Å². The predicted octanol–water partition coefficient (Wildman–Crippen LogP) is 2.90. The molecule has 1 rings (SSSR count). The molecule has 0 aromatic heterocycles. The van der Waals surface area contributed by atoms with Crippen molar-refractivity contribution < 1.29 is 22.8 Å². The van der Waals surface area contributed by atoms with Crippen LogP contribution in [-0.2, 0) is 0 Å². The first-order chi connectivity index (χ1) is 6.79. The number of alkyl halides is 3. The highest BCUT2D eigenvalue weighted by molar-refractivity contribution is 6.20. The van der Waals surface area contributed by atoms with Crippen LogP contribution in [0.5, 0.6) is 5.75 Å². The number of hydrogen-bond donors (Lipinski definition) is 0. The van der Waals surface area contributed by atoms with Gasteiger partial charge in [-0.25, -0.2) is 0 Å². The molecule has 82 valence electrons. The van der Waals surface area contributed by atoms with E-state index in [0.29, 0.717) is 12.1 Å². The van der Waals surface area contributed by atoms with Crippen molar-refractivity contribution in [1.29, 1.82) is 0 Å². The topological polar surface area (TPSA) is 52.4 Å². The van der Waals surface area contributed by atoms with Crippen LogP contribution in [0.4, 0.5) is 18.9 Å². The van der Waals surface area contributed by atoms with Crippen LogP contribution in [0.1, 0.15) is 0 Å². The molecule has 0 heterocycles. The van der Waals surface area contributed by atoms with Gasteiger partial charge in [0.05, 0.1) is 4.92 Å². The third kappa shape index (κ3) is 3.28. The molecule has 0 amide bonds. The number of nitro groups is 1. The Bertz CT molecular complexity index is 394. The van der Waals surface area contributed by atoms with Crippen molar-refractivity contribution in [1.82, 2.24) is 0 Å². The average Bonchev–Trinajstić information content (AvgIpc) is 1.99. The summed E-state index contributed by atoms with van der Waals surface area (Å²) in [5.74, 6) is -1.88. The largest absolute Gasteiger partial charge is 0.487 e. The molecule has 0 unspecified atom stereocenters. The van der Waals surface area contributed by atoms with Crippen LogP contribution in [0, 0.1) is 15.9 Å². The van der Waals surface area contributed by atoms with E-state index in [2.05, 4.69) is 16.3 Å². The van der Waals surface area contributed by atoms with Gasteiger partial charge in [-0.3, -0.25) is 10.1 Å². The summed E-state index contributed by atoms with van der Waals surface area (Å²) in [4.78, 5) is 9.18. The van der Waals surface area contributed by atoms with E-state index >= 15 is 0 Å². The molecule has 0 saturated carbocycles. The summed E-state index contributed by atoms with van der Waals surface area (Å²) < 4.78 is 40.8. The smallest absolute Gasteiger partial charge is 0.420 e. The Hall–Kier alpha value is -1.50. The van der Waals surface area contributed by atoms with Gasteiger partial charge in [0, 0.05) is 23.7 Å². The molecule has 0 bridgehead atoms. The number of halogens is 4. The summed E-state index contributed by atoms with van der Waals surface area (Å²) in [7, 11) is 0. The number of rotatable bonds is 3. The molecule has 0 aliphatic carbocycles. The van der Waals surface area contributed by atoms with Crippen molar-refractivity contribution in [3.63, 3.8) is 0 Å². The summed E-state index contributed by atoms with van der Waals surface area (Å²) in [6, 6.07) is 1.97. The number of benzene rings is 1. The van der Waals surface area contributed by atoms with Crippen LogP contribution in [0.15, 0.2) is 18.2 Å². The Balaban J connectivity index is 2.97. The molecule has 0 saturated heterocycles. The van der Waals surface area contributed by atoms with Gasteiger partial charge in [-0.05, 0) is 6.07 Å². The summed E-state index contributed by atoms with van der Waals surface area (Å²) in [6.45, 7) is 0. The second kappa shape index (κ2) is 3.93. The lowest BCUT2D eigenvalue weighted by Gasteiger charge is -2.09. The number of nitrogens with zero attached hydrogens (tertiary/aromatic N) is 1. The Morgan fingerprint density at radius 3 is 2.47 bits per heavy atom. The fourth-order valence-electron chi connectivity index (χ4n) is 0.833. The standard InChI is InChI=1S/C7H3ClF3NO3/c8-7(10,11)15-4-1-2-6(12(13)14)5(9)3-4/h1-3H. The van der Waals surface area contributed by atoms with Gasteiger partial charge in [0.1, 0.15) is 5.75 Å². The zero-order chi connectivity index (χ0) is 11.6. The first-order valence-electron chi connectivity index (χ1n) is 3.49. The Labute approximate surface area is 86.4 Å². The first-order valence-corrected chi connectivity index (χ1v) is 3.87. The van der Waals surface area contributed by atoms with Crippen molar-refractivity contribution >= 4 is 17.3 Å². The molecule has 0 fully saturated rings. The van der Waals surface area contributed by atoms with Gasteiger partial charge in [-0.15, -0.1) is 8.78 Å². The minimum atomic E-state index is -3.98. The zero-order valence-electron chi connectivity index (χ0n) is 6.92. The van der Waals surface area contributed by atoms with Gasteiger partial charge in [-0.2, -0.15) is 4.39 Å². The average molecular weight is 242 g/mol. The maximum Gasteiger partial charge on any atom is 0.487 e. The molecule has 4 nitrogen and oxygen atoms in total. The van der Waals surface area contributed by atoms with Crippen LogP contribution in [0.2, 0.25) is 0 Å². The minimum absolute atomic E-state index is 0.453. The van der Waals surface area contributed by atoms with Crippen molar-refractivity contribution in [3.8, 4) is 5.75 Å². The van der Waals surface area contributed by atoms with E-state index in [1.807, 2.05) is 0 Å². The maximum atomic E-state index is 12.9. The highest BCUT2D eigenvalue weighted by atomic mass is 35.5. The second-order valence-corrected chi connectivity index (χ2v) is 2.86. The van der Waals surface area contributed by atoms with Crippen molar-refractivity contribution in [3.05, 3.63) is 34.1 Å². The fourth-order valence-corrected chi connectivity index (χ4v) is 0.922. The van der Waals surface area contributed by atoms with E-state index < -0.39 is 27.7 Å². The Kier molecular flexibility index (Phi) is 3.04. The monoisotopic (exact) mass is 241 g/mol. The van der Waals surface area contributed by atoms with E-state index in [0.717, 1.165) is 6.07 Å². The predicted molar refractivity (Wildman–Crippen MR) is 44.5 cm³/mol. The van der Waals surface area contributed by atoms with Gasteiger partial charge in [0.25, 0.3) is 0 Å². The molecule has 0 spiro atoms. The van der Waals surface area contributed by atoms with Crippen LogP contribution in [0.25, 0.3) is 0 Å². The van der Waals surface area contributed by atoms with Gasteiger partial charge >= 0.3 is 11.3 Å². The zero-order valence-corrected chi connectivity index (χ0v) is 7.67. The molecular formula is C7H3ClF3NO3. The molecule has 15 heavy (non-hydrogen) atoms. The molecule has 0 N–H and O–H groups in total. The molecule has 0 atom stereocenters. The molecule has 1 aromatic carbocycles. The first kappa shape index (κ1) is 11.6. The number of ether oxygens (including phenoxy) is 1. The Morgan fingerprint density at radius 1 is 1.47 bits per heavy atom. The van der Waals surface area contributed by atoms with E-state index in [9.17, 15) is 23.3 Å². The van der Waals surface area contributed by atoms with Crippen molar-refractivity contribution in [2.24, 2.45) is 0 Å². The molecule has 0 aliphatic heterocycles. The highest BCUT2D eigenvalue weighted by Crippen LogP contribution is 2.28. The number of hydrogen-bond acceptors (Lipinski definition) is 3. The summed E-state index contributed by atoms with van der Waals surface area (Å²) >= 11 is 4.41. The minimum Gasteiger partial charge on any atom is -0.420 e. The van der Waals surface area contributed by atoms with E-state index in [-0.39, 0.29) is 0 Å². The van der Waals surface area contributed by atoms with Gasteiger partial charge in [0.15, 0.2) is 0 Å². The SMILES string of the molecule is O=[N+]([O-])c1ccc(OC(F)(F)Cl)cc1F. The van der Waals surface area contributed by atoms with Gasteiger partial charge in [-0.1, -0.05) is 0 Å². The fraction of sp³-hybridized carbons (Fsp3) is 0.143. The van der Waals surface area contributed by atoms with Gasteiger partial charge in [0.2, 0.25) is 5.82 Å². The molecule has 1 aromatic rings. The summed E-state index contributed by atoms with van der Waals surface area (Å²) in [5, 5.41) is 10.2. The van der Waals surface area contributed by atoms with Crippen molar-refractivity contribution in [2.45, 2.75) is 5.57 Å². The van der Waals surface area contributed by atoms with Crippen molar-refractivity contribution in [2.75, 3.05) is 0 Å². The van der Waals surface area contributed by atoms with E-state index in [4.69, 9.17) is 0 Å². The summed E-state index contributed by atoms with van der Waals surface area (Å²) in [6.07, 6.45) is 0. The third-order valence-electron chi connectivity index (χ3n) is 1.35. The highest BCUT2D eigenvalue weighted by Gasteiger charge is 2.28. The lowest BCUT2D eigenvalue weighted by molar-refractivity contribution is -0.387. The normalized spacial score (nSPS) is 11.2. The second-order valence-electron chi connectivity index (χ2n) is 2.42. The third-order valence-corrected chi connectivity index (χ3v) is 1.43. The number of nitro benzene ring substituents is 1. The van der Waals surface area contributed by atoms with E-state index in [1.165, 1.54) is 0 Å². The van der Waals surface area contributed by atoms with Gasteiger partial charge < -0.3 is 4.74 Å². The maximum absolute atomic E-state index is 12.9. The molecule has 8 heteroatoms. The summed E-state index contributed by atoms with van der Waals surface area (Å²) in [5.41, 5.74) is -4.82. The van der Waals surface area contributed by atoms with Crippen LogP contribution in [0.3, 0.4) is 0 Å². The van der Waals surface area contributed by atoms with E-state index in [1.54, 1.807) is 0 Å². The molecule has 0 radical (unpaired) electrons. The van der Waals surface area contributed by atoms with Crippen LogP contribution >= 0.6 is 11.6 Å².